The second-order valence-corrected chi connectivity index (χ2v) is 5.67. The molecule has 100 valence electrons. The van der Waals surface area contributed by atoms with Crippen LogP contribution in [0, 0.1) is 0 Å². The van der Waals surface area contributed by atoms with Gasteiger partial charge in [-0.1, -0.05) is 37.7 Å². The Bertz CT molecular complexity index is 553. The molecule has 0 unspecified atom stereocenters. The van der Waals surface area contributed by atoms with E-state index in [1.54, 1.807) is 18.9 Å². The van der Waals surface area contributed by atoms with E-state index in [9.17, 15) is 0 Å². The van der Waals surface area contributed by atoms with Crippen LogP contribution in [0.25, 0.3) is 0 Å². The van der Waals surface area contributed by atoms with Gasteiger partial charge in [0.25, 0.3) is 0 Å². The van der Waals surface area contributed by atoms with Crippen LogP contribution >= 0.6 is 11.8 Å². The van der Waals surface area contributed by atoms with E-state index in [1.807, 2.05) is 12.1 Å². The van der Waals surface area contributed by atoms with Crippen LogP contribution in [0.1, 0.15) is 25.3 Å². The Morgan fingerprint density at radius 1 is 1.11 bits per heavy atom. The van der Waals surface area contributed by atoms with Crippen molar-refractivity contribution in [2.24, 2.45) is 0 Å². The van der Waals surface area contributed by atoms with Gasteiger partial charge >= 0.3 is 0 Å². The van der Waals surface area contributed by atoms with Crippen molar-refractivity contribution >= 4 is 17.4 Å². The Balaban J connectivity index is 2.16. The molecule has 0 bridgehead atoms. The maximum atomic E-state index is 5.75. The van der Waals surface area contributed by atoms with Gasteiger partial charge in [-0.25, -0.2) is 4.98 Å². The zero-order valence-corrected chi connectivity index (χ0v) is 12.2. The van der Waals surface area contributed by atoms with Crippen LogP contribution in [0.15, 0.2) is 46.3 Å². The summed E-state index contributed by atoms with van der Waals surface area (Å²) < 4.78 is 5.12. The average molecular weight is 274 g/mol. The number of rotatable bonds is 4. The van der Waals surface area contributed by atoms with E-state index < -0.39 is 0 Å². The fourth-order valence-electron chi connectivity index (χ4n) is 1.70. The minimum Gasteiger partial charge on any atom is -0.480 e. The van der Waals surface area contributed by atoms with Crippen molar-refractivity contribution in [1.82, 2.24) is 4.98 Å². The van der Waals surface area contributed by atoms with Crippen molar-refractivity contribution < 1.29 is 4.74 Å². The molecule has 0 saturated heterocycles. The van der Waals surface area contributed by atoms with Gasteiger partial charge in [-0.2, -0.15) is 0 Å². The van der Waals surface area contributed by atoms with Gasteiger partial charge in [0, 0.05) is 4.90 Å². The second kappa shape index (κ2) is 5.97. The highest BCUT2D eigenvalue weighted by Crippen LogP contribution is 2.30. The quantitative estimate of drug-likeness (QED) is 0.917. The van der Waals surface area contributed by atoms with Gasteiger partial charge in [-0.3, -0.25) is 0 Å². The molecule has 1 aromatic carbocycles. The van der Waals surface area contributed by atoms with E-state index in [0.717, 1.165) is 9.92 Å². The molecule has 0 aliphatic carbocycles. The third-order valence-corrected chi connectivity index (χ3v) is 3.77. The number of ether oxygens (including phenoxy) is 1. The maximum absolute atomic E-state index is 5.75. The van der Waals surface area contributed by atoms with E-state index in [2.05, 4.69) is 43.1 Å². The first-order chi connectivity index (χ1) is 9.10. The number of nitrogens with zero attached hydrogens (tertiary/aromatic N) is 1. The van der Waals surface area contributed by atoms with Crippen molar-refractivity contribution in [2.45, 2.75) is 29.7 Å². The summed E-state index contributed by atoms with van der Waals surface area (Å²) in [6.45, 7) is 4.38. The Hall–Kier alpha value is -1.68. The first kappa shape index (κ1) is 13.7. The van der Waals surface area contributed by atoms with E-state index in [1.165, 1.54) is 5.56 Å². The molecule has 0 amide bonds. The number of methoxy groups -OCH3 is 1. The molecule has 0 aliphatic heterocycles. The molecule has 0 spiro atoms. The van der Waals surface area contributed by atoms with Crippen molar-refractivity contribution in [3.63, 3.8) is 0 Å². The predicted octanol–water partition coefficient (Wildman–Crippen LogP) is 3.95. The minimum absolute atomic E-state index is 0.476. The normalized spacial score (nSPS) is 10.7. The van der Waals surface area contributed by atoms with Crippen LogP contribution in [0.5, 0.6) is 5.88 Å². The Morgan fingerprint density at radius 3 is 2.37 bits per heavy atom. The predicted molar refractivity (Wildman–Crippen MR) is 79.9 cm³/mol. The number of nitrogen functional groups attached to an aromatic ring is 1. The number of aromatic nitrogens is 1. The van der Waals surface area contributed by atoms with Gasteiger partial charge in [0.1, 0.15) is 5.03 Å². The lowest BCUT2D eigenvalue weighted by Crippen LogP contribution is -1.95. The number of hydrogen-bond acceptors (Lipinski definition) is 4. The number of pyridine rings is 1. The molecule has 0 aliphatic rings. The largest absolute Gasteiger partial charge is 0.480 e. The smallest absolute Gasteiger partial charge is 0.237 e. The van der Waals surface area contributed by atoms with Gasteiger partial charge in [0.15, 0.2) is 0 Å². The molecule has 19 heavy (non-hydrogen) atoms. The summed E-state index contributed by atoms with van der Waals surface area (Å²) in [4.78, 5) is 5.52. The Labute approximate surface area is 118 Å². The maximum Gasteiger partial charge on any atom is 0.237 e. The topological polar surface area (TPSA) is 48.1 Å². The highest BCUT2D eigenvalue weighted by molar-refractivity contribution is 7.99. The van der Waals surface area contributed by atoms with E-state index >= 15 is 0 Å². The van der Waals surface area contributed by atoms with Crippen LogP contribution < -0.4 is 10.5 Å². The number of anilines is 1. The Morgan fingerprint density at radius 2 is 1.79 bits per heavy atom. The lowest BCUT2D eigenvalue weighted by Gasteiger charge is -2.08. The van der Waals surface area contributed by atoms with Gasteiger partial charge in [0.2, 0.25) is 5.88 Å². The lowest BCUT2D eigenvalue weighted by atomic mass is 10.0. The summed E-state index contributed by atoms with van der Waals surface area (Å²) in [6.07, 6.45) is 0. The molecule has 2 rings (SSSR count). The summed E-state index contributed by atoms with van der Waals surface area (Å²) in [7, 11) is 1.57. The molecule has 0 saturated carbocycles. The molecular weight excluding hydrogens is 256 g/mol. The lowest BCUT2D eigenvalue weighted by molar-refractivity contribution is 0.397. The van der Waals surface area contributed by atoms with Crippen LogP contribution in [0.4, 0.5) is 5.69 Å². The van der Waals surface area contributed by atoms with Crippen molar-refractivity contribution in [2.75, 3.05) is 12.8 Å². The van der Waals surface area contributed by atoms with Gasteiger partial charge in [0.05, 0.1) is 12.8 Å². The zero-order chi connectivity index (χ0) is 13.8. The number of benzene rings is 1. The van der Waals surface area contributed by atoms with Gasteiger partial charge in [-0.05, 0) is 35.7 Å². The first-order valence-corrected chi connectivity index (χ1v) is 7.00. The second-order valence-electron chi connectivity index (χ2n) is 4.57. The average Bonchev–Trinajstić information content (AvgIpc) is 2.41. The molecule has 0 radical (unpaired) electrons. The number of hydrogen-bond donors (Lipinski definition) is 1. The van der Waals surface area contributed by atoms with Crippen molar-refractivity contribution in [3.05, 3.63) is 42.0 Å². The SMILES string of the molecule is COc1nc(Sc2ccc(C(C)C)cc2)ccc1N. The van der Waals surface area contributed by atoms with E-state index in [-0.39, 0.29) is 0 Å². The fourth-order valence-corrected chi connectivity index (χ4v) is 2.47. The van der Waals surface area contributed by atoms with Crippen molar-refractivity contribution in [3.8, 4) is 5.88 Å². The summed E-state index contributed by atoms with van der Waals surface area (Å²) >= 11 is 1.60. The summed E-state index contributed by atoms with van der Waals surface area (Å²) in [5.74, 6) is 1.03. The monoisotopic (exact) mass is 274 g/mol. The molecule has 0 atom stereocenters. The molecule has 2 N–H and O–H groups in total. The Kier molecular flexibility index (Phi) is 4.32. The molecule has 0 fully saturated rings. The highest BCUT2D eigenvalue weighted by atomic mass is 32.2. The van der Waals surface area contributed by atoms with Crippen LogP contribution in [0.2, 0.25) is 0 Å². The number of nitrogens with two attached hydrogens (primary N) is 1. The van der Waals surface area contributed by atoms with Gasteiger partial charge in [-0.15, -0.1) is 0 Å². The van der Waals surface area contributed by atoms with Crippen LogP contribution in [-0.4, -0.2) is 12.1 Å². The summed E-state index contributed by atoms with van der Waals surface area (Å²) in [6, 6.07) is 12.3. The first-order valence-electron chi connectivity index (χ1n) is 6.18. The molecule has 4 heteroatoms. The summed E-state index contributed by atoms with van der Waals surface area (Å²) in [5.41, 5.74) is 7.65. The minimum atomic E-state index is 0.476. The zero-order valence-electron chi connectivity index (χ0n) is 11.4. The third-order valence-electron chi connectivity index (χ3n) is 2.83. The molecule has 1 heterocycles. The van der Waals surface area contributed by atoms with E-state index in [4.69, 9.17) is 10.5 Å². The van der Waals surface area contributed by atoms with Gasteiger partial charge < -0.3 is 10.5 Å². The fraction of sp³-hybridized carbons (Fsp3) is 0.267. The molecule has 2 aromatic rings. The molecule has 1 aromatic heterocycles. The highest BCUT2D eigenvalue weighted by Gasteiger charge is 2.05. The summed E-state index contributed by atoms with van der Waals surface area (Å²) in [5, 5.41) is 0.878. The van der Waals surface area contributed by atoms with Crippen LogP contribution in [0.3, 0.4) is 0 Å². The van der Waals surface area contributed by atoms with Crippen LogP contribution in [-0.2, 0) is 0 Å². The van der Waals surface area contributed by atoms with E-state index in [0.29, 0.717) is 17.5 Å². The molecule has 3 nitrogen and oxygen atoms in total. The van der Waals surface area contributed by atoms with Crippen molar-refractivity contribution in [1.29, 1.82) is 0 Å². The third kappa shape index (κ3) is 3.41. The standard InChI is InChI=1S/C15H18N2OS/c1-10(2)11-4-6-12(7-5-11)19-14-9-8-13(16)15(17-14)18-3/h4-10H,16H2,1-3H3. The molecular formula is C15H18N2OS.